The fourth-order valence-corrected chi connectivity index (χ4v) is 8.16. The topological polar surface area (TPSA) is 86.8 Å². The van der Waals surface area contributed by atoms with E-state index in [0.29, 0.717) is 39.5 Å². The Morgan fingerprint density at radius 3 is 2.46 bits per heavy atom. The highest BCUT2D eigenvalue weighted by molar-refractivity contribution is 6.37. The number of halogens is 3. The molecule has 254 valence electrons. The van der Waals surface area contributed by atoms with Gasteiger partial charge < -0.3 is 25.2 Å². The Morgan fingerprint density at radius 2 is 1.77 bits per heavy atom. The van der Waals surface area contributed by atoms with Crippen LogP contribution in [0.25, 0.3) is 0 Å². The maximum atomic E-state index is 14.5. The van der Waals surface area contributed by atoms with Crippen molar-refractivity contribution in [3.8, 4) is 5.75 Å². The molecule has 48 heavy (non-hydrogen) atoms. The molecule has 0 radical (unpaired) electrons. The third-order valence-corrected chi connectivity index (χ3v) is 11.0. The standard InChI is InChI=1S/C37H42Cl3N5O3/c1-21-15-32(39)35(33(40)16-21)48-27-12-14-44(20-27)34-10-4-24(18-42-34)28-11-13-41-19-30(28)37(47)45(26-7-8-26)22(2)29-17-23(3-9-31(29)38)36(46)43-25-5-6-25/h3-4,9-10,15-18,22,25-28,30,41H,5-8,11-14,19-20H2,1-2H3,(H,43,46)/t22?,27-,28+,30-/m0/s1. The van der Waals surface area contributed by atoms with E-state index in [9.17, 15) is 9.59 Å². The number of amides is 2. The van der Waals surface area contributed by atoms with Crippen LogP contribution < -0.4 is 20.3 Å². The molecule has 2 saturated carbocycles. The van der Waals surface area contributed by atoms with Crippen LogP contribution in [0.3, 0.4) is 0 Å². The second-order valence-electron chi connectivity index (χ2n) is 13.8. The molecule has 3 aromatic rings. The third kappa shape index (κ3) is 7.28. The smallest absolute Gasteiger partial charge is 0.251 e. The van der Waals surface area contributed by atoms with Gasteiger partial charge >= 0.3 is 0 Å². The van der Waals surface area contributed by atoms with E-state index in [4.69, 9.17) is 44.5 Å². The number of rotatable bonds is 10. The molecule has 0 bridgehead atoms. The minimum Gasteiger partial charge on any atom is -0.485 e. The largest absolute Gasteiger partial charge is 0.485 e. The third-order valence-electron chi connectivity index (χ3n) is 10.1. The summed E-state index contributed by atoms with van der Waals surface area (Å²) in [5.74, 6) is 1.27. The highest BCUT2D eigenvalue weighted by atomic mass is 35.5. The summed E-state index contributed by atoms with van der Waals surface area (Å²) in [6.45, 7) is 6.93. The van der Waals surface area contributed by atoms with Gasteiger partial charge in [0.2, 0.25) is 5.91 Å². The quantitative estimate of drug-likeness (QED) is 0.229. The van der Waals surface area contributed by atoms with Crippen molar-refractivity contribution in [2.24, 2.45) is 5.92 Å². The second kappa shape index (κ2) is 14.1. The molecule has 2 amide bonds. The predicted molar refractivity (Wildman–Crippen MR) is 191 cm³/mol. The van der Waals surface area contributed by atoms with Crippen LogP contribution in [0.2, 0.25) is 15.1 Å². The Morgan fingerprint density at radius 1 is 1.00 bits per heavy atom. The molecule has 7 rings (SSSR count). The molecule has 2 aliphatic carbocycles. The van der Waals surface area contributed by atoms with Crippen molar-refractivity contribution >= 4 is 52.4 Å². The molecule has 4 atom stereocenters. The normalized spacial score (nSPS) is 23.1. The number of pyridine rings is 1. The van der Waals surface area contributed by atoms with Gasteiger partial charge in [0.25, 0.3) is 5.91 Å². The van der Waals surface area contributed by atoms with E-state index in [1.54, 1.807) is 12.1 Å². The molecule has 0 spiro atoms. The molecule has 2 N–H and O–H groups in total. The summed E-state index contributed by atoms with van der Waals surface area (Å²) in [6.07, 6.45) is 7.56. The minimum absolute atomic E-state index is 0.0420. The van der Waals surface area contributed by atoms with Gasteiger partial charge in [-0.3, -0.25) is 9.59 Å². The molecule has 8 nitrogen and oxygen atoms in total. The minimum atomic E-state index is -0.260. The van der Waals surface area contributed by atoms with Gasteiger partial charge in [0.05, 0.1) is 28.5 Å². The molecule has 4 aliphatic rings. The Labute approximate surface area is 297 Å². The van der Waals surface area contributed by atoms with E-state index in [-0.39, 0.29) is 47.9 Å². The number of ether oxygens (including phenoxy) is 1. The summed E-state index contributed by atoms with van der Waals surface area (Å²) in [5, 5.41) is 8.15. The van der Waals surface area contributed by atoms with E-state index >= 15 is 0 Å². The number of hydrogen-bond donors (Lipinski definition) is 2. The first kappa shape index (κ1) is 33.5. The summed E-state index contributed by atoms with van der Waals surface area (Å²) >= 11 is 19.6. The van der Waals surface area contributed by atoms with E-state index in [1.807, 2.05) is 43.1 Å². The molecule has 1 aromatic heterocycles. The van der Waals surface area contributed by atoms with Crippen molar-refractivity contribution in [1.82, 2.24) is 20.5 Å². The first-order chi connectivity index (χ1) is 23.2. The van der Waals surface area contributed by atoms with Crippen LogP contribution in [0.5, 0.6) is 5.75 Å². The lowest BCUT2D eigenvalue weighted by Gasteiger charge is -2.38. The lowest BCUT2D eigenvalue weighted by Crippen LogP contribution is -2.48. The van der Waals surface area contributed by atoms with Crippen molar-refractivity contribution in [3.63, 3.8) is 0 Å². The molecular weight excluding hydrogens is 669 g/mol. The molecule has 2 aromatic carbocycles. The number of aryl methyl sites for hydroxylation is 1. The van der Waals surface area contributed by atoms with Gasteiger partial charge in [-0.2, -0.15) is 0 Å². The second-order valence-corrected chi connectivity index (χ2v) is 15.0. The molecule has 1 unspecified atom stereocenters. The number of carbonyl (C=O) groups excluding carboxylic acids is 2. The van der Waals surface area contributed by atoms with Crippen LogP contribution in [0, 0.1) is 12.8 Å². The van der Waals surface area contributed by atoms with Crippen molar-refractivity contribution < 1.29 is 14.3 Å². The summed E-state index contributed by atoms with van der Waals surface area (Å²) in [7, 11) is 0. The van der Waals surface area contributed by atoms with Gasteiger partial charge in [-0.05, 0) is 112 Å². The number of nitrogens with one attached hydrogen (secondary N) is 2. The van der Waals surface area contributed by atoms with Crippen LogP contribution in [-0.4, -0.2) is 66.1 Å². The summed E-state index contributed by atoms with van der Waals surface area (Å²) < 4.78 is 6.23. The van der Waals surface area contributed by atoms with Crippen molar-refractivity contribution in [3.05, 3.63) is 86.0 Å². The van der Waals surface area contributed by atoms with E-state index in [2.05, 4.69) is 27.7 Å². The molecule has 2 aliphatic heterocycles. The lowest BCUT2D eigenvalue weighted by molar-refractivity contribution is -0.139. The summed E-state index contributed by atoms with van der Waals surface area (Å²) in [4.78, 5) is 36.5. The van der Waals surface area contributed by atoms with Crippen LogP contribution >= 0.6 is 34.8 Å². The summed E-state index contributed by atoms with van der Waals surface area (Å²) in [5.41, 5.74) is 3.46. The lowest BCUT2D eigenvalue weighted by atomic mass is 9.80. The number of carbonyl (C=O) groups is 2. The van der Waals surface area contributed by atoms with E-state index in [1.165, 1.54) is 0 Å². The fraction of sp³-hybridized carbons (Fsp3) is 0.486. The highest BCUT2D eigenvalue weighted by Gasteiger charge is 2.43. The summed E-state index contributed by atoms with van der Waals surface area (Å²) in [6, 6.07) is 13.5. The molecule has 3 heterocycles. The average Bonchev–Trinajstić information content (AvgIpc) is 4.02. The van der Waals surface area contributed by atoms with Crippen molar-refractivity contribution in [2.75, 3.05) is 31.1 Å². The van der Waals surface area contributed by atoms with Gasteiger partial charge in [0.15, 0.2) is 5.75 Å². The van der Waals surface area contributed by atoms with Crippen LogP contribution in [-0.2, 0) is 4.79 Å². The van der Waals surface area contributed by atoms with Crippen LogP contribution in [0.1, 0.15) is 84.5 Å². The number of benzene rings is 2. The van der Waals surface area contributed by atoms with Gasteiger partial charge in [0, 0.05) is 48.4 Å². The van der Waals surface area contributed by atoms with Gasteiger partial charge in [0.1, 0.15) is 11.9 Å². The first-order valence-corrected chi connectivity index (χ1v) is 18.3. The van der Waals surface area contributed by atoms with Gasteiger partial charge in [-0.25, -0.2) is 4.98 Å². The predicted octanol–water partition coefficient (Wildman–Crippen LogP) is 7.35. The van der Waals surface area contributed by atoms with Crippen LogP contribution in [0.15, 0.2) is 48.7 Å². The average molecular weight is 711 g/mol. The van der Waals surface area contributed by atoms with Crippen LogP contribution in [0.4, 0.5) is 5.82 Å². The van der Waals surface area contributed by atoms with Gasteiger partial charge in [-0.1, -0.05) is 40.9 Å². The zero-order valence-corrected chi connectivity index (χ0v) is 29.6. The van der Waals surface area contributed by atoms with E-state index in [0.717, 1.165) is 74.1 Å². The number of hydrogen-bond acceptors (Lipinski definition) is 6. The Kier molecular flexibility index (Phi) is 9.80. The first-order valence-electron chi connectivity index (χ1n) is 17.1. The SMILES string of the molecule is Cc1cc(Cl)c(O[C@H]2CCN(c3ccc([C@H]4CCNC[C@@H]4C(=O)N(C4CC4)C(C)c4cc(C(=O)NC5CC5)ccc4Cl)cn3)C2)c(Cl)c1. The molecule has 2 saturated heterocycles. The number of piperidine rings is 1. The maximum absolute atomic E-state index is 14.5. The Hall–Kier alpha value is -3.04. The molecular formula is C37H42Cl3N5O3. The van der Waals surface area contributed by atoms with Crippen molar-refractivity contribution in [1.29, 1.82) is 0 Å². The highest BCUT2D eigenvalue weighted by Crippen LogP contribution is 2.41. The maximum Gasteiger partial charge on any atom is 0.251 e. The molecule has 11 heteroatoms. The zero-order valence-electron chi connectivity index (χ0n) is 27.4. The Balaban J connectivity index is 1.05. The number of anilines is 1. The number of nitrogens with zero attached hydrogens (tertiary/aromatic N) is 3. The number of aromatic nitrogens is 1. The zero-order chi connectivity index (χ0) is 33.5. The molecule has 4 fully saturated rings. The fourth-order valence-electron chi connectivity index (χ4n) is 7.20. The monoisotopic (exact) mass is 709 g/mol. The van der Waals surface area contributed by atoms with Gasteiger partial charge in [-0.15, -0.1) is 0 Å². The Bertz CT molecular complexity index is 1660. The van der Waals surface area contributed by atoms with Crippen molar-refractivity contribution in [2.45, 2.75) is 82.5 Å². The van der Waals surface area contributed by atoms with E-state index < -0.39 is 0 Å².